The molecule has 0 radical (unpaired) electrons. The highest BCUT2D eigenvalue weighted by Gasteiger charge is 2.17. The van der Waals surface area contributed by atoms with Gasteiger partial charge in [-0.05, 0) is 6.54 Å². The van der Waals surface area contributed by atoms with E-state index in [0.29, 0.717) is 0 Å². The smallest absolute Gasteiger partial charge is 0.0490 e. The van der Waals surface area contributed by atoms with Crippen LogP contribution in [0.3, 0.4) is 0 Å². The quantitative estimate of drug-likeness (QED) is 0.766. The number of hydrogen-bond donors (Lipinski definition) is 2. The Bertz CT molecular complexity index is 272. The van der Waals surface area contributed by atoms with Crippen LogP contribution in [0.1, 0.15) is 13.3 Å². The molecule has 17 heavy (non-hydrogen) atoms. The van der Waals surface area contributed by atoms with Gasteiger partial charge in [0.1, 0.15) is 0 Å². The summed E-state index contributed by atoms with van der Waals surface area (Å²) in [6.45, 7) is 10.2. The third-order valence-electron chi connectivity index (χ3n) is 3.55. The van der Waals surface area contributed by atoms with Gasteiger partial charge >= 0.3 is 0 Å². The monoisotopic (exact) mass is 256 g/mol. The van der Waals surface area contributed by atoms with Crippen LogP contribution in [0, 0.1) is 0 Å². The van der Waals surface area contributed by atoms with Gasteiger partial charge in [-0.25, -0.2) is 0 Å². The van der Waals surface area contributed by atoms with Crippen molar-refractivity contribution >= 4 is 11.8 Å². The van der Waals surface area contributed by atoms with E-state index in [4.69, 9.17) is 5.73 Å². The first-order valence-electron chi connectivity index (χ1n) is 6.55. The van der Waals surface area contributed by atoms with Gasteiger partial charge in [0.2, 0.25) is 0 Å². The van der Waals surface area contributed by atoms with Gasteiger partial charge in [0.05, 0.1) is 0 Å². The van der Waals surface area contributed by atoms with Gasteiger partial charge in [-0.3, -0.25) is 4.90 Å². The molecule has 2 aliphatic heterocycles. The lowest BCUT2D eigenvalue weighted by Crippen LogP contribution is -2.45. The van der Waals surface area contributed by atoms with Crippen molar-refractivity contribution in [3.05, 3.63) is 10.6 Å². The van der Waals surface area contributed by atoms with Crippen LogP contribution in [0.25, 0.3) is 0 Å². The van der Waals surface area contributed by atoms with Crippen LogP contribution in [0.5, 0.6) is 0 Å². The molecule has 2 aliphatic rings. The zero-order valence-electron chi connectivity index (χ0n) is 10.7. The molecule has 0 saturated carbocycles. The lowest BCUT2D eigenvalue weighted by molar-refractivity contribution is 0.155. The van der Waals surface area contributed by atoms with Crippen LogP contribution in [0.2, 0.25) is 0 Å². The van der Waals surface area contributed by atoms with Crippen molar-refractivity contribution in [3.63, 3.8) is 0 Å². The highest BCUT2D eigenvalue weighted by molar-refractivity contribution is 8.03. The highest BCUT2D eigenvalue weighted by Crippen LogP contribution is 2.22. The molecule has 2 heterocycles. The topological polar surface area (TPSA) is 44.5 Å². The molecule has 4 nitrogen and oxygen atoms in total. The molecule has 0 aromatic heterocycles. The molecule has 1 fully saturated rings. The number of rotatable bonds is 4. The summed E-state index contributed by atoms with van der Waals surface area (Å²) < 4.78 is 0. The minimum atomic E-state index is 0.964. The Morgan fingerprint density at radius 1 is 1.24 bits per heavy atom. The Kier molecular flexibility index (Phi) is 5.16. The summed E-state index contributed by atoms with van der Waals surface area (Å²) in [5, 5.41) is 3.38. The summed E-state index contributed by atoms with van der Waals surface area (Å²) in [4.78, 5) is 6.40. The number of hydrogen-bond acceptors (Lipinski definition) is 5. The van der Waals surface area contributed by atoms with E-state index in [1.165, 1.54) is 37.6 Å². The Morgan fingerprint density at radius 2 is 1.94 bits per heavy atom. The maximum absolute atomic E-state index is 6.03. The molecule has 0 aromatic rings. The predicted octanol–water partition coefficient (Wildman–Crippen LogP) is 0.478. The van der Waals surface area contributed by atoms with E-state index in [-0.39, 0.29) is 0 Å². The minimum absolute atomic E-state index is 0.964. The standard InChI is InChI=1S/C12H24N4S/c1-2-15-5-7-16(8-6-15)10-17-12-9-14-4-3-11(12)13/h14H,2-10,13H2,1H3. The highest BCUT2D eigenvalue weighted by atomic mass is 32.2. The minimum Gasteiger partial charge on any atom is -0.401 e. The second-order valence-electron chi connectivity index (χ2n) is 4.70. The average molecular weight is 256 g/mol. The average Bonchev–Trinajstić information content (AvgIpc) is 2.38. The van der Waals surface area contributed by atoms with Crippen LogP contribution in [0.15, 0.2) is 10.6 Å². The van der Waals surface area contributed by atoms with Crippen molar-refractivity contribution in [2.75, 3.05) is 51.7 Å². The molecule has 2 rings (SSSR count). The molecule has 0 aromatic carbocycles. The van der Waals surface area contributed by atoms with E-state index in [0.717, 1.165) is 31.1 Å². The molecule has 0 bridgehead atoms. The lowest BCUT2D eigenvalue weighted by Gasteiger charge is -2.34. The Balaban J connectivity index is 1.72. The van der Waals surface area contributed by atoms with Crippen molar-refractivity contribution in [2.24, 2.45) is 5.73 Å². The molecule has 3 N–H and O–H groups in total. The van der Waals surface area contributed by atoms with Gasteiger partial charge in [0.25, 0.3) is 0 Å². The van der Waals surface area contributed by atoms with Gasteiger partial charge in [-0.15, -0.1) is 11.8 Å². The van der Waals surface area contributed by atoms with Crippen LogP contribution in [-0.4, -0.2) is 61.5 Å². The number of piperazine rings is 1. The van der Waals surface area contributed by atoms with Gasteiger partial charge in [0, 0.05) is 62.2 Å². The fourth-order valence-corrected chi connectivity index (χ4v) is 3.31. The van der Waals surface area contributed by atoms with Crippen molar-refractivity contribution < 1.29 is 0 Å². The van der Waals surface area contributed by atoms with Gasteiger partial charge in [-0.2, -0.15) is 0 Å². The van der Waals surface area contributed by atoms with Crippen LogP contribution >= 0.6 is 11.8 Å². The summed E-state index contributed by atoms with van der Waals surface area (Å²) in [5.41, 5.74) is 7.13. The van der Waals surface area contributed by atoms with Crippen LogP contribution in [-0.2, 0) is 0 Å². The Morgan fingerprint density at radius 3 is 2.59 bits per heavy atom. The molecule has 0 aliphatic carbocycles. The van der Waals surface area contributed by atoms with Gasteiger partial charge < -0.3 is 16.0 Å². The zero-order chi connectivity index (χ0) is 12.1. The molecule has 5 heteroatoms. The molecule has 0 spiro atoms. The second kappa shape index (κ2) is 6.64. The van der Waals surface area contributed by atoms with Gasteiger partial charge in [0.15, 0.2) is 0 Å². The lowest BCUT2D eigenvalue weighted by atomic mass is 10.2. The molecule has 0 amide bonds. The number of likely N-dealkylation sites (N-methyl/N-ethyl adjacent to an activating group) is 1. The molecular weight excluding hydrogens is 232 g/mol. The Labute approximate surface area is 109 Å². The number of nitrogens with one attached hydrogen (secondary N) is 1. The molecule has 0 unspecified atom stereocenters. The van der Waals surface area contributed by atoms with Crippen LogP contribution in [0.4, 0.5) is 0 Å². The predicted molar refractivity (Wildman–Crippen MR) is 74.8 cm³/mol. The number of thioether (sulfide) groups is 1. The summed E-state index contributed by atoms with van der Waals surface area (Å²) >= 11 is 1.92. The maximum Gasteiger partial charge on any atom is 0.0490 e. The number of nitrogens with two attached hydrogens (primary N) is 1. The SMILES string of the molecule is CCN1CCN(CSC2=C(N)CCNC2)CC1. The first-order chi connectivity index (χ1) is 8.29. The third-order valence-corrected chi connectivity index (χ3v) is 4.80. The first-order valence-corrected chi connectivity index (χ1v) is 7.54. The molecule has 1 saturated heterocycles. The second-order valence-corrected chi connectivity index (χ2v) is 5.74. The van der Waals surface area contributed by atoms with E-state index < -0.39 is 0 Å². The van der Waals surface area contributed by atoms with Crippen molar-refractivity contribution in [1.29, 1.82) is 0 Å². The summed E-state index contributed by atoms with van der Waals surface area (Å²) in [6, 6.07) is 0. The summed E-state index contributed by atoms with van der Waals surface area (Å²) in [6.07, 6.45) is 1.01. The summed E-state index contributed by atoms with van der Waals surface area (Å²) in [7, 11) is 0. The van der Waals surface area contributed by atoms with E-state index in [9.17, 15) is 0 Å². The van der Waals surface area contributed by atoms with E-state index in [1.54, 1.807) is 0 Å². The van der Waals surface area contributed by atoms with Crippen molar-refractivity contribution in [2.45, 2.75) is 13.3 Å². The van der Waals surface area contributed by atoms with E-state index in [2.05, 4.69) is 22.0 Å². The molecule has 98 valence electrons. The number of nitrogens with zero attached hydrogens (tertiary/aromatic N) is 2. The van der Waals surface area contributed by atoms with Crippen molar-refractivity contribution in [3.8, 4) is 0 Å². The zero-order valence-corrected chi connectivity index (χ0v) is 11.6. The fraction of sp³-hybridized carbons (Fsp3) is 0.833. The first kappa shape index (κ1) is 13.2. The normalized spacial score (nSPS) is 24.3. The molecule has 0 atom stereocenters. The third kappa shape index (κ3) is 3.88. The summed E-state index contributed by atoms with van der Waals surface area (Å²) in [5.74, 6) is 1.09. The van der Waals surface area contributed by atoms with Crippen molar-refractivity contribution in [1.82, 2.24) is 15.1 Å². The molecular formula is C12H24N4S. The van der Waals surface area contributed by atoms with E-state index >= 15 is 0 Å². The fourth-order valence-electron chi connectivity index (χ4n) is 2.23. The maximum atomic E-state index is 6.03. The van der Waals surface area contributed by atoms with Gasteiger partial charge in [-0.1, -0.05) is 6.92 Å². The van der Waals surface area contributed by atoms with Crippen LogP contribution < -0.4 is 11.1 Å². The van der Waals surface area contributed by atoms with E-state index in [1.807, 2.05) is 11.8 Å². The largest absolute Gasteiger partial charge is 0.401 e. The Hall–Kier alpha value is -0.230.